The van der Waals surface area contributed by atoms with Crippen LogP contribution in [0.25, 0.3) is 11.0 Å². The molecule has 0 aliphatic carbocycles. The van der Waals surface area contributed by atoms with Gasteiger partial charge in [-0.25, -0.2) is 14.6 Å². The molecule has 0 amide bonds. The van der Waals surface area contributed by atoms with Crippen LogP contribution in [0, 0.1) is 6.92 Å². The summed E-state index contributed by atoms with van der Waals surface area (Å²) in [6.07, 6.45) is 3.94. The van der Waals surface area contributed by atoms with Crippen LogP contribution in [0.4, 0.5) is 5.82 Å². The van der Waals surface area contributed by atoms with Crippen molar-refractivity contribution in [2.45, 2.75) is 58.5 Å². The summed E-state index contributed by atoms with van der Waals surface area (Å²) in [5, 5.41) is 15.4. The summed E-state index contributed by atoms with van der Waals surface area (Å²) in [4.78, 5) is 12.1. The van der Waals surface area contributed by atoms with Crippen LogP contribution >= 0.6 is 0 Å². The van der Waals surface area contributed by atoms with Gasteiger partial charge in [-0.2, -0.15) is 5.10 Å². The standard InChI is InChI=1S/C22H29N5O/c1-15-8-5-6-9-16(15)13-27-20-18(12-23-27)19(24-21(25-20)22(2,3)4)26-11-7-10-17(26)14-28/h5-6,8-9,12,17,28H,7,10-11,13-14H2,1-4H3/t17-/m1/s1. The lowest BCUT2D eigenvalue weighted by atomic mass is 9.95. The maximum atomic E-state index is 9.82. The average molecular weight is 380 g/mol. The van der Waals surface area contributed by atoms with E-state index in [-0.39, 0.29) is 18.1 Å². The van der Waals surface area contributed by atoms with Crippen molar-refractivity contribution in [2.75, 3.05) is 18.1 Å². The lowest BCUT2D eigenvalue weighted by molar-refractivity contribution is 0.266. The van der Waals surface area contributed by atoms with Gasteiger partial charge in [-0.1, -0.05) is 45.0 Å². The topological polar surface area (TPSA) is 67.1 Å². The molecule has 0 bridgehead atoms. The molecule has 3 heterocycles. The van der Waals surface area contributed by atoms with Gasteiger partial charge in [0, 0.05) is 12.0 Å². The molecule has 6 heteroatoms. The summed E-state index contributed by atoms with van der Waals surface area (Å²) >= 11 is 0. The van der Waals surface area contributed by atoms with Crippen LogP contribution in [-0.2, 0) is 12.0 Å². The van der Waals surface area contributed by atoms with E-state index in [4.69, 9.17) is 9.97 Å². The van der Waals surface area contributed by atoms with E-state index in [1.165, 1.54) is 11.1 Å². The molecule has 3 aromatic rings. The largest absolute Gasteiger partial charge is 0.394 e. The van der Waals surface area contributed by atoms with Gasteiger partial charge in [-0.15, -0.1) is 0 Å². The molecule has 1 fully saturated rings. The van der Waals surface area contributed by atoms with E-state index in [9.17, 15) is 5.11 Å². The Morgan fingerprint density at radius 3 is 2.68 bits per heavy atom. The molecule has 0 unspecified atom stereocenters. The molecule has 0 spiro atoms. The SMILES string of the molecule is Cc1ccccc1Cn1ncc2c(N3CCC[C@@H]3CO)nc(C(C)(C)C)nc21. The number of rotatable bonds is 4. The maximum Gasteiger partial charge on any atom is 0.163 e. The monoisotopic (exact) mass is 379 g/mol. The molecule has 1 aromatic carbocycles. The Balaban J connectivity index is 1.86. The lowest BCUT2D eigenvalue weighted by Gasteiger charge is -2.26. The van der Waals surface area contributed by atoms with Crippen LogP contribution in [-0.4, -0.2) is 44.0 Å². The van der Waals surface area contributed by atoms with Crippen LogP contribution in [0.5, 0.6) is 0 Å². The Bertz CT molecular complexity index is 988. The van der Waals surface area contributed by atoms with E-state index in [0.717, 1.165) is 42.1 Å². The Morgan fingerprint density at radius 1 is 1.18 bits per heavy atom. The van der Waals surface area contributed by atoms with Crippen LogP contribution in [0.1, 0.15) is 50.6 Å². The van der Waals surface area contributed by atoms with Crippen LogP contribution < -0.4 is 4.90 Å². The van der Waals surface area contributed by atoms with Gasteiger partial charge >= 0.3 is 0 Å². The minimum Gasteiger partial charge on any atom is -0.394 e. The number of fused-ring (bicyclic) bond motifs is 1. The molecule has 6 nitrogen and oxygen atoms in total. The second kappa shape index (κ2) is 7.17. The number of hydrogen-bond donors (Lipinski definition) is 1. The molecule has 2 aromatic heterocycles. The molecule has 1 saturated heterocycles. The quantitative estimate of drug-likeness (QED) is 0.752. The van der Waals surface area contributed by atoms with Crippen molar-refractivity contribution in [1.82, 2.24) is 19.7 Å². The summed E-state index contributed by atoms with van der Waals surface area (Å²) in [5.41, 5.74) is 3.17. The first kappa shape index (κ1) is 18.9. The number of anilines is 1. The van der Waals surface area contributed by atoms with Gasteiger partial charge in [0.05, 0.1) is 30.8 Å². The molecule has 148 valence electrons. The highest BCUT2D eigenvalue weighted by Gasteiger charge is 2.30. The first-order valence-corrected chi connectivity index (χ1v) is 10.0. The predicted molar refractivity (Wildman–Crippen MR) is 112 cm³/mol. The number of aliphatic hydroxyl groups is 1. The van der Waals surface area contributed by atoms with Crippen LogP contribution in [0.3, 0.4) is 0 Å². The fraction of sp³-hybridized carbons (Fsp3) is 0.500. The molecule has 1 N–H and O–H groups in total. The van der Waals surface area contributed by atoms with E-state index in [1.807, 2.05) is 10.9 Å². The van der Waals surface area contributed by atoms with Gasteiger partial charge in [0.15, 0.2) is 5.65 Å². The van der Waals surface area contributed by atoms with Crippen molar-refractivity contribution < 1.29 is 5.11 Å². The lowest BCUT2D eigenvalue weighted by Crippen LogP contribution is -2.33. The summed E-state index contributed by atoms with van der Waals surface area (Å²) in [5.74, 6) is 1.72. The fourth-order valence-electron chi connectivity index (χ4n) is 3.86. The molecular weight excluding hydrogens is 350 g/mol. The van der Waals surface area contributed by atoms with E-state index in [0.29, 0.717) is 6.54 Å². The summed E-state index contributed by atoms with van der Waals surface area (Å²) < 4.78 is 1.97. The summed E-state index contributed by atoms with van der Waals surface area (Å²) in [6.45, 7) is 10.3. The number of benzene rings is 1. The number of aryl methyl sites for hydroxylation is 1. The molecule has 1 aliphatic rings. The summed E-state index contributed by atoms with van der Waals surface area (Å²) in [6, 6.07) is 8.49. The minimum atomic E-state index is -0.171. The maximum absolute atomic E-state index is 9.82. The van der Waals surface area contributed by atoms with Crippen molar-refractivity contribution in [3.05, 3.63) is 47.4 Å². The van der Waals surface area contributed by atoms with Gasteiger partial charge in [0.25, 0.3) is 0 Å². The minimum absolute atomic E-state index is 0.116. The van der Waals surface area contributed by atoms with Crippen molar-refractivity contribution in [3.8, 4) is 0 Å². The van der Waals surface area contributed by atoms with Gasteiger partial charge in [0.1, 0.15) is 11.6 Å². The summed E-state index contributed by atoms with van der Waals surface area (Å²) in [7, 11) is 0. The second-order valence-corrected chi connectivity index (χ2v) is 8.76. The number of aromatic nitrogens is 4. The molecule has 1 aliphatic heterocycles. The second-order valence-electron chi connectivity index (χ2n) is 8.76. The zero-order chi connectivity index (χ0) is 19.9. The normalized spacial score (nSPS) is 17.6. The number of aliphatic hydroxyl groups excluding tert-OH is 1. The van der Waals surface area contributed by atoms with E-state index >= 15 is 0 Å². The Morgan fingerprint density at radius 2 is 1.96 bits per heavy atom. The van der Waals surface area contributed by atoms with Crippen LogP contribution in [0.2, 0.25) is 0 Å². The van der Waals surface area contributed by atoms with Crippen molar-refractivity contribution in [1.29, 1.82) is 0 Å². The molecule has 0 saturated carbocycles. The number of nitrogens with zero attached hydrogens (tertiary/aromatic N) is 5. The smallest absolute Gasteiger partial charge is 0.163 e. The van der Waals surface area contributed by atoms with Gasteiger partial charge in [0.2, 0.25) is 0 Å². The molecule has 0 radical (unpaired) electrons. The molecule has 28 heavy (non-hydrogen) atoms. The first-order chi connectivity index (χ1) is 13.4. The van der Waals surface area contributed by atoms with Crippen molar-refractivity contribution in [2.24, 2.45) is 0 Å². The van der Waals surface area contributed by atoms with Crippen molar-refractivity contribution in [3.63, 3.8) is 0 Å². The van der Waals surface area contributed by atoms with Gasteiger partial charge in [-0.05, 0) is 30.9 Å². The molecule has 1 atom stereocenters. The van der Waals surface area contributed by atoms with E-state index in [1.54, 1.807) is 0 Å². The third-order valence-corrected chi connectivity index (χ3v) is 5.59. The third-order valence-electron chi connectivity index (χ3n) is 5.59. The van der Waals surface area contributed by atoms with Gasteiger partial charge in [-0.3, -0.25) is 0 Å². The van der Waals surface area contributed by atoms with Crippen LogP contribution in [0.15, 0.2) is 30.5 Å². The molecular formula is C22H29N5O. The van der Waals surface area contributed by atoms with E-state index < -0.39 is 0 Å². The van der Waals surface area contributed by atoms with Gasteiger partial charge < -0.3 is 10.0 Å². The fourth-order valence-corrected chi connectivity index (χ4v) is 3.86. The Labute approximate surface area is 166 Å². The van der Waals surface area contributed by atoms with Crippen molar-refractivity contribution >= 4 is 16.9 Å². The predicted octanol–water partition coefficient (Wildman–Crippen LogP) is 3.44. The van der Waals surface area contributed by atoms with E-state index in [2.05, 4.69) is 62.0 Å². The Hall–Kier alpha value is -2.47. The first-order valence-electron chi connectivity index (χ1n) is 10.0. The Kier molecular flexibility index (Phi) is 4.83. The highest BCUT2D eigenvalue weighted by Crippen LogP contribution is 2.32. The third kappa shape index (κ3) is 3.37. The molecule has 4 rings (SSSR count). The zero-order valence-electron chi connectivity index (χ0n) is 17.2. The number of hydrogen-bond acceptors (Lipinski definition) is 5. The average Bonchev–Trinajstić information content (AvgIpc) is 3.29. The zero-order valence-corrected chi connectivity index (χ0v) is 17.2. The highest BCUT2D eigenvalue weighted by atomic mass is 16.3. The highest BCUT2D eigenvalue weighted by molar-refractivity contribution is 5.87.